The second-order valence-corrected chi connectivity index (χ2v) is 5.92. The molecule has 1 fully saturated rings. The van der Waals surface area contributed by atoms with E-state index in [-0.39, 0.29) is 6.03 Å². The van der Waals surface area contributed by atoms with Crippen LogP contribution in [-0.2, 0) is 11.3 Å². The second-order valence-electron chi connectivity index (χ2n) is 5.92. The number of ether oxygens (including phenoxy) is 1. The zero-order valence-electron chi connectivity index (χ0n) is 14.0. The van der Waals surface area contributed by atoms with Gasteiger partial charge in [-0.3, -0.25) is 0 Å². The van der Waals surface area contributed by atoms with Crippen molar-refractivity contribution < 1.29 is 9.53 Å². The first-order chi connectivity index (χ1) is 10.7. The van der Waals surface area contributed by atoms with E-state index in [2.05, 4.69) is 28.7 Å². The number of likely N-dealkylation sites (tertiary alicyclic amines) is 1. The molecule has 22 heavy (non-hydrogen) atoms. The number of amides is 2. The molecule has 0 aliphatic carbocycles. The zero-order chi connectivity index (χ0) is 15.9. The molecule has 1 aromatic rings. The van der Waals surface area contributed by atoms with Gasteiger partial charge in [-0.05, 0) is 26.2 Å². The maximum Gasteiger partial charge on any atom is 0.317 e. The minimum absolute atomic E-state index is 0.0542. The monoisotopic (exact) mass is 308 g/mol. The summed E-state index contributed by atoms with van der Waals surface area (Å²) >= 11 is 0. The molecule has 1 N–H and O–H groups in total. The number of carbonyl (C=O) groups excluding carboxylic acids is 1. The molecule has 1 saturated heterocycles. The third kappa shape index (κ3) is 4.00. The number of imidazole rings is 1. The first kappa shape index (κ1) is 16.8. The third-order valence-corrected chi connectivity index (χ3v) is 4.18. The van der Waals surface area contributed by atoms with Gasteiger partial charge in [-0.2, -0.15) is 0 Å². The van der Waals surface area contributed by atoms with E-state index in [1.54, 1.807) is 7.11 Å². The highest BCUT2D eigenvalue weighted by Crippen LogP contribution is 2.27. The standard InChI is InChI=1S/C16H28N4O2/c1-4-7-17-16(21)19-9-6-14(12-19)15-18-11-13(2)20(15)8-5-10-22-3/h11,14H,4-10,12H2,1-3H3,(H,17,21). The van der Waals surface area contributed by atoms with Crippen molar-refractivity contribution in [3.8, 4) is 0 Å². The van der Waals surface area contributed by atoms with Crippen LogP contribution in [0, 0.1) is 6.92 Å². The molecule has 0 radical (unpaired) electrons. The van der Waals surface area contributed by atoms with Gasteiger partial charge < -0.3 is 19.5 Å². The quantitative estimate of drug-likeness (QED) is 0.785. The molecule has 6 heteroatoms. The average Bonchev–Trinajstić information content (AvgIpc) is 3.13. The predicted octanol–water partition coefficient (Wildman–Crippen LogP) is 2.14. The van der Waals surface area contributed by atoms with Gasteiger partial charge in [-0.1, -0.05) is 6.92 Å². The molecular weight excluding hydrogens is 280 g/mol. The van der Waals surface area contributed by atoms with Gasteiger partial charge in [0.25, 0.3) is 0 Å². The lowest BCUT2D eigenvalue weighted by molar-refractivity contribution is 0.189. The fourth-order valence-corrected chi connectivity index (χ4v) is 2.96. The number of aryl methyl sites for hydroxylation is 1. The molecule has 2 amide bonds. The minimum atomic E-state index is 0.0542. The predicted molar refractivity (Wildman–Crippen MR) is 86.1 cm³/mol. The van der Waals surface area contributed by atoms with Crippen molar-refractivity contribution >= 4 is 6.03 Å². The van der Waals surface area contributed by atoms with Crippen LogP contribution in [0.2, 0.25) is 0 Å². The van der Waals surface area contributed by atoms with Crippen molar-refractivity contribution in [1.82, 2.24) is 19.8 Å². The van der Waals surface area contributed by atoms with Gasteiger partial charge >= 0.3 is 6.03 Å². The Labute approximate surface area is 132 Å². The van der Waals surface area contributed by atoms with Crippen molar-refractivity contribution in [2.75, 3.05) is 33.4 Å². The molecular formula is C16H28N4O2. The smallest absolute Gasteiger partial charge is 0.317 e. The highest BCUT2D eigenvalue weighted by molar-refractivity contribution is 5.74. The summed E-state index contributed by atoms with van der Waals surface area (Å²) in [6, 6.07) is 0.0542. The second kappa shape index (κ2) is 8.17. The van der Waals surface area contributed by atoms with E-state index in [1.165, 1.54) is 5.69 Å². The lowest BCUT2D eigenvalue weighted by Crippen LogP contribution is -2.38. The van der Waals surface area contributed by atoms with E-state index in [0.717, 1.165) is 57.9 Å². The summed E-state index contributed by atoms with van der Waals surface area (Å²) in [6.45, 7) is 8.14. The van der Waals surface area contributed by atoms with Gasteiger partial charge in [-0.25, -0.2) is 9.78 Å². The number of urea groups is 1. The molecule has 1 atom stereocenters. The highest BCUT2D eigenvalue weighted by Gasteiger charge is 2.30. The topological polar surface area (TPSA) is 59.4 Å². The summed E-state index contributed by atoms with van der Waals surface area (Å²) in [7, 11) is 1.73. The molecule has 2 heterocycles. The number of hydrogen-bond donors (Lipinski definition) is 1. The Morgan fingerprint density at radius 1 is 1.55 bits per heavy atom. The van der Waals surface area contributed by atoms with Gasteiger partial charge in [0.2, 0.25) is 0 Å². The maximum absolute atomic E-state index is 12.1. The molecule has 1 aliphatic rings. The van der Waals surface area contributed by atoms with Crippen LogP contribution in [0.3, 0.4) is 0 Å². The maximum atomic E-state index is 12.1. The van der Waals surface area contributed by atoms with E-state index in [9.17, 15) is 4.79 Å². The lowest BCUT2D eigenvalue weighted by atomic mass is 10.1. The Kier molecular flexibility index (Phi) is 6.24. The van der Waals surface area contributed by atoms with Crippen molar-refractivity contribution in [1.29, 1.82) is 0 Å². The van der Waals surface area contributed by atoms with E-state index in [0.29, 0.717) is 5.92 Å². The molecule has 0 aromatic carbocycles. The van der Waals surface area contributed by atoms with E-state index >= 15 is 0 Å². The number of methoxy groups -OCH3 is 1. The summed E-state index contributed by atoms with van der Waals surface area (Å²) in [6.07, 6.45) is 4.86. The molecule has 0 saturated carbocycles. The fourth-order valence-electron chi connectivity index (χ4n) is 2.96. The number of nitrogens with one attached hydrogen (secondary N) is 1. The van der Waals surface area contributed by atoms with Crippen LogP contribution < -0.4 is 5.32 Å². The van der Waals surface area contributed by atoms with Crippen molar-refractivity contribution in [3.63, 3.8) is 0 Å². The van der Waals surface area contributed by atoms with Crippen LogP contribution in [0.5, 0.6) is 0 Å². The van der Waals surface area contributed by atoms with Crippen molar-refractivity contribution in [2.45, 2.75) is 45.6 Å². The summed E-state index contributed by atoms with van der Waals surface area (Å²) < 4.78 is 7.41. The Bertz CT molecular complexity index is 486. The van der Waals surface area contributed by atoms with Crippen molar-refractivity contribution in [3.05, 3.63) is 17.7 Å². The number of rotatable bonds is 7. The van der Waals surface area contributed by atoms with Gasteiger partial charge in [0.05, 0.1) is 0 Å². The Morgan fingerprint density at radius 3 is 3.09 bits per heavy atom. The summed E-state index contributed by atoms with van der Waals surface area (Å²) in [5.74, 6) is 1.45. The number of hydrogen-bond acceptors (Lipinski definition) is 3. The molecule has 1 aromatic heterocycles. The largest absolute Gasteiger partial charge is 0.385 e. The Morgan fingerprint density at radius 2 is 2.36 bits per heavy atom. The molecule has 1 aliphatic heterocycles. The molecule has 0 spiro atoms. The molecule has 1 unspecified atom stereocenters. The Balaban J connectivity index is 1.97. The number of aromatic nitrogens is 2. The van der Waals surface area contributed by atoms with Gasteiger partial charge in [0, 0.05) is 57.7 Å². The molecule has 6 nitrogen and oxygen atoms in total. The van der Waals surface area contributed by atoms with Crippen LogP contribution in [0.25, 0.3) is 0 Å². The average molecular weight is 308 g/mol. The summed E-state index contributed by atoms with van der Waals surface area (Å²) in [4.78, 5) is 18.6. The molecule has 124 valence electrons. The van der Waals surface area contributed by atoms with Crippen LogP contribution >= 0.6 is 0 Å². The Hall–Kier alpha value is -1.56. The lowest BCUT2D eigenvalue weighted by Gasteiger charge is -2.18. The number of nitrogens with zero attached hydrogens (tertiary/aromatic N) is 3. The van der Waals surface area contributed by atoms with Gasteiger partial charge in [-0.15, -0.1) is 0 Å². The normalized spacial score (nSPS) is 18.0. The van der Waals surface area contributed by atoms with Gasteiger partial charge in [0.1, 0.15) is 5.82 Å². The third-order valence-electron chi connectivity index (χ3n) is 4.18. The van der Waals surface area contributed by atoms with Crippen LogP contribution in [0.15, 0.2) is 6.20 Å². The van der Waals surface area contributed by atoms with Gasteiger partial charge in [0.15, 0.2) is 0 Å². The van der Waals surface area contributed by atoms with Crippen LogP contribution in [0.4, 0.5) is 4.79 Å². The summed E-state index contributed by atoms with van der Waals surface area (Å²) in [5, 5.41) is 2.95. The van der Waals surface area contributed by atoms with E-state index in [4.69, 9.17) is 4.74 Å². The first-order valence-corrected chi connectivity index (χ1v) is 8.21. The van der Waals surface area contributed by atoms with E-state index < -0.39 is 0 Å². The first-order valence-electron chi connectivity index (χ1n) is 8.21. The van der Waals surface area contributed by atoms with Crippen molar-refractivity contribution in [2.24, 2.45) is 0 Å². The summed E-state index contributed by atoms with van der Waals surface area (Å²) in [5.41, 5.74) is 1.18. The minimum Gasteiger partial charge on any atom is -0.385 e. The fraction of sp³-hybridized carbons (Fsp3) is 0.750. The van der Waals surface area contributed by atoms with Crippen LogP contribution in [-0.4, -0.2) is 53.8 Å². The zero-order valence-corrected chi connectivity index (χ0v) is 14.0. The molecule has 0 bridgehead atoms. The number of carbonyl (C=O) groups is 1. The SMILES string of the molecule is CCCNC(=O)N1CCC(c2ncc(C)n2CCCOC)C1. The van der Waals surface area contributed by atoms with E-state index in [1.807, 2.05) is 11.1 Å². The highest BCUT2D eigenvalue weighted by atomic mass is 16.5. The molecule has 2 rings (SSSR count). The van der Waals surface area contributed by atoms with Crippen LogP contribution in [0.1, 0.15) is 43.6 Å².